The Hall–Kier alpha value is -1.10. The summed E-state index contributed by atoms with van der Waals surface area (Å²) in [5.74, 6) is 0.420. The third-order valence-electron chi connectivity index (χ3n) is 4.44. The number of hydrogen-bond acceptors (Lipinski definition) is 3. The van der Waals surface area contributed by atoms with Gasteiger partial charge >= 0.3 is 0 Å². The van der Waals surface area contributed by atoms with Gasteiger partial charge in [0.1, 0.15) is 5.54 Å². The molecule has 1 aliphatic carbocycles. The van der Waals surface area contributed by atoms with Gasteiger partial charge in [-0.2, -0.15) is 0 Å². The second-order valence-electron chi connectivity index (χ2n) is 6.36. The van der Waals surface area contributed by atoms with Crippen molar-refractivity contribution in [3.05, 3.63) is 0 Å². The molecule has 2 unspecified atom stereocenters. The molecule has 0 aromatic heterocycles. The van der Waals surface area contributed by atoms with Crippen molar-refractivity contribution in [1.82, 2.24) is 10.2 Å². The molecule has 3 N–H and O–H groups in total. The molecule has 2 atom stereocenters. The van der Waals surface area contributed by atoms with Crippen molar-refractivity contribution in [2.24, 2.45) is 11.7 Å². The van der Waals surface area contributed by atoms with E-state index in [2.05, 4.69) is 5.32 Å². The second-order valence-corrected chi connectivity index (χ2v) is 6.36. The zero-order valence-electron chi connectivity index (χ0n) is 11.9. The topological polar surface area (TPSA) is 75.4 Å². The second kappa shape index (κ2) is 5.49. The van der Waals surface area contributed by atoms with Gasteiger partial charge in [-0.1, -0.05) is 6.42 Å². The van der Waals surface area contributed by atoms with Crippen molar-refractivity contribution >= 4 is 11.8 Å². The van der Waals surface area contributed by atoms with Crippen LogP contribution in [0, 0.1) is 5.92 Å². The summed E-state index contributed by atoms with van der Waals surface area (Å²) < 4.78 is 0. The summed E-state index contributed by atoms with van der Waals surface area (Å²) in [7, 11) is 0. The molecule has 108 valence electrons. The Balaban J connectivity index is 1.97. The first kappa shape index (κ1) is 14.3. The minimum Gasteiger partial charge on any atom is -0.352 e. The van der Waals surface area contributed by atoms with Crippen LogP contribution in [0.1, 0.15) is 46.0 Å². The molecule has 0 aromatic rings. The lowest BCUT2D eigenvalue weighted by atomic mass is 9.83. The number of nitrogens with two attached hydrogens (primary N) is 1. The Kier molecular flexibility index (Phi) is 4.13. The van der Waals surface area contributed by atoms with Crippen LogP contribution in [0.3, 0.4) is 0 Å². The van der Waals surface area contributed by atoms with Crippen LogP contribution in [-0.2, 0) is 9.59 Å². The van der Waals surface area contributed by atoms with Crippen LogP contribution in [-0.4, -0.2) is 41.4 Å². The lowest BCUT2D eigenvalue weighted by Crippen LogP contribution is -2.63. The molecule has 2 fully saturated rings. The predicted molar refractivity (Wildman–Crippen MR) is 73.4 cm³/mol. The van der Waals surface area contributed by atoms with E-state index in [1.54, 1.807) is 4.90 Å². The van der Waals surface area contributed by atoms with Gasteiger partial charge in [0, 0.05) is 25.6 Å². The molecule has 19 heavy (non-hydrogen) atoms. The minimum absolute atomic E-state index is 0.0626. The fraction of sp³-hybridized carbons (Fsp3) is 0.857. The van der Waals surface area contributed by atoms with Crippen LogP contribution in [0.5, 0.6) is 0 Å². The van der Waals surface area contributed by atoms with Crippen molar-refractivity contribution in [2.45, 2.75) is 57.5 Å². The molecule has 1 aliphatic heterocycles. The van der Waals surface area contributed by atoms with Crippen LogP contribution < -0.4 is 11.1 Å². The number of rotatable bonds is 2. The third-order valence-corrected chi connectivity index (χ3v) is 4.44. The number of piperazine rings is 1. The number of carbonyl (C=O) groups excluding carboxylic acids is 2. The molecule has 2 rings (SSSR count). The molecule has 1 heterocycles. The minimum atomic E-state index is -0.730. The van der Waals surface area contributed by atoms with E-state index >= 15 is 0 Å². The van der Waals surface area contributed by atoms with Gasteiger partial charge < -0.3 is 16.0 Å². The monoisotopic (exact) mass is 267 g/mol. The Labute approximate surface area is 114 Å². The Bertz CT molecular complexity index is 368. The molecule has 0 bridgehead atoms. The SMILES string of the molecule is CC1(C)C(=O)NCCN1C(=O)CC1CCCC(N)C1. The summed E-state index contributed by atoms with van der Waals surface area (Å²) in [6, 6.07) is 0.240. The van der Waals surface area contributed by atoms with E-state index in [1.807, 2.05) is 13.8 Å². The maximum Gasteiger partial charge on any atom is 0.245 e. The number of amides is 2. The van der Waals surface area contributed by atoms with Crippen molar-refractivity contribution in [3.63, 3.8) is 0 Å². The molecule has 0 aromatic carbocycles. The van der Waals surface area contributed by atoms with Gasteiger partial charge in [-0.05, 0) is 39.0 Å². The summed E-state index contributed by atoms with van der Waals surface area (Å²) in [5.41, 5.74) is 5.24. The highest BCUT2D eigenvalue weighted by Gasteiger charge is 2.40. The number of nitrogens with one attached hydrogen (secondary N) is 1. The van der Waals surface area contributed by atoms with E-state index in [-0.39, 0.29) is 17.9 Å². The van der Waals surface area contributed by atoms with E-state index in [0.29, 0.717) is 25.4 Å². The van der Waals surface area contributed by atoms with Gasteiger partial charge in [0.25, 0.3) is 0 Å². The van der Waals surface area contributed by atoms with Crippen molar-refractivity contribution in [2.75, 3.05) is 13.1 Å². The van der Waals surface area contributed by atoms with Gasteiger partial charge in [0.2, 0.25) is 11.8 Å². The van der Waals surface area contributed by atoms with Crippen LogP contribution >= 0.6 is 0 Å². The third kappa shape index (κ3) is 3.08. The summed E-state index contributed by atoms with van der Waals surface area (Å²) in [4.78, 5) is 26.0. The van der Waals surface area contributed by atoms with E-state index in [9.17, 15) is 9.59 Å². The van der Waals surface area contributed by atoms with Crippen LogP contribution in [0.15, 0.2) is 0 Å². The standard InChI is InChI=1S/C14H25N3O2/c1-14(2)13(19)16-6-7-17(14)12(18)9-10-4-3-5-11(15)8-10/h10-11H,3-9,15H2,1-2H3,(H,16,19). The zero-order valence-corrected chi connectivity index (χ0v) is 11.9. The van der Waals surface area contributed by atoms with Gasteiger partial charge in [-0.25, -0.2) is 0 Å². The predicted octanol–water partition coefficient (Wildman–Crippen LogP) is 0.631. The molecular formula is C14H25N3O2. The number of nitrogens with zero attached hydrogens (tertiary/aromatic N) is 1. The fourth-order valence-corrected chi connectivity index (χ4v) is 3.21. The molecular weight excluding hydrogens is 242 g/mol. The van der Waals surface area contributed by atoms with E-state index in [4.69, 9.17) is 5.73 Å². The summed E-state index contributed by atoms with van der Waals surface area (Å²) in [5, 5.41) is 2.82. The summed E-state index contributed by atoms with van der Waals surface area (Å²) >= 11 is 0. The summed E-state index contributed by atoms with van der Waals surface area (Å²) in [6.45, 7) is 4.78. The Morgan fingerprint density at radius 3 is 2.89 bits per heavy atom. The molecule has 2 aliphatic rings. The lowest BCUT2D eigenvalue weighted by molar-refractivity contribution is -0.150. The molecule has 2 amide bonds. The molecule has 1 saturated carbocycles. The molecule has 0 radical (unpaired) electrons. The van der Waals surface area contributed by atoms with Gasteiger partial charge in [0.15, 0.2) is 0 Å². The van der Waals surface area contributed by atoms with Gasteiger partial charge in [0.05, 0.1) is 0 Å². The number of hydrogen-bond donors (Lipinski definition) is 2. The van der Waals surface area contributed by atoms with Crippen LogP contribution in [0.2, 0.25) is 0 Å². The van der Waals surface area contributed by atoms with Crippen LogP contribution in [0.25, 0.3) is 0 Å². The Morgan fingerprint density at radius 1 is 1.47 bits per heavy atom. The van der Waals surface area contributed by atoms with Crippen molar-refractivity contribution in [1.29, 1.82) is 0 Å². The largest absolute Gasteiger partial charge is 0.352 e. The quantitative estimate of drug-likeness (QED) is 0.770. The molecule has 0 spiro atoms. The smallest absolute Gasteiger partial charge is 0.245 e. The summed E-state index contributed by atoms with van der Waals surface area (Å²) in [6.07, 6.45) is 4.74. The lowest BCUT2D eigenvalue weighted by Gasteiger charge is -2.42. The molecule has 1 saturated heterocycles. The number of carbonyl (C=O) groups is 2. The average Bonchev–Trinajstić information content (AvgIpc) is 2.32. The maximum atomic E-state index is 12.4. The Morgan fingerprint density at radius 2 is 2.21 bits per heavy atom. The van der Waals surface area contributed by atoms with Gasteiger partial charge in [-0.3, -0.25) is 9.59 Å². The first-order valence-corrected chi connectivity index (χ1v) is 7.25. The highest BCUT2D eigenvalue weighted by Crippen LogP contribution is 2.28. The first-order chi connectivity index (χ1) is 8.91. The van der Waals surface area contributed by atoms with E-state index in [1.165, 1.54) is 0 Å². The first-order valence-electron chi connectivity index (χ1n) is 7.25. The zero-order chi connectivity index (χ0) is 14.0. The normalized spacial score (nSPS) is 30.9. The highest BCUT2D eigenvalue weighted by atomic mass is 16.2. The van der Waals surface area contributed by atoms with Crippen LogP contribution in [0.4, 0.5) is 0 Å². The molecule has 5 nitrogen and oxygen atoms in total. The van der Waals surface area contributed by atoms with Crippen molar-refractivity contribution < 1.29 is 9.59 Å². The average molecular weight is 267 g/mol. The molecule has 5 heteroatoms. The van der Waals surface area contributed by atoms with Gasteiger partial charge in [-0.15, -0.1) is 0 Å². The van der Waals surface area contributed by atoms with E-state index in [0.717, 1.165) is 25.7 Å². The van der Waals surface area contributed by atoms with E-state index < -0.39 is 5.54 Å². The van der Waals surface area contributed by atoms with Crippen molar-refractivity contribution in [3.8, 4) is 0 Å². The maximum absolute atomic E-state index is 12.4. The highest BCUT2D eigenvalue weighted by molar-refractivity contribution is 5.91. The fourth-order valence-electron chi connectivity index (χ4n) is 3.21.